The fraction of sp³-hybridized carbons (Fsp3) is 0.786. The molecule has 0 radical (unpaired) electrons. The van der Waals surface area contributed by atoms with Crippen LogP contribution in [0.15, 0.2) is 0 Å². The van der Waals surface area contributed by atoms with Gasteiger partial charge in [-0.25, -0.2) is 4.79 Å². The van der Waals surface area contributed by atoms with E-state index in [2.05, 4.69) is 0 Å². The fourth-order valence-electron chi connectivity index (χ4n) is 2.99. The average Bonchev–Trinajstić information content (AvgIpc) is 2.91. The zero-order chi connectivity index (χ0) is 15.8. The van der Waals surface area contributed by atoms with Crippen molar-refractivity contribution in [3.05, 3.63) is 0 Å². The minimum Gasteiger partial charge on any atom is -0.480 e. The molecular formula is C14H21NO6. The number of ketones is 1. The summed E-state index contributed by atoms with van der Waals surface area (Å²) in [6, 6.07) is -0.999. The van der Waals surface area contributed by atoms with Crippen molar-refractivity contribution >= 4 is 17.7 Å². The molecule has 0 spiro atoms. The largest absolute Gasteiger partial charge is 0.480 e. The predicted molar refractivity (Wildman–Crippen MR) is 71.3 cm³/mol. The van der Waals surface area contributed by atoms with Crippen molar-refractivity contribution in [3.8, 4) is 0 Å². The first kappa shape index (κ1) is 15.9. The van der Waals surface area contributed by atoms with Gasteiger partial charge in [-0.2, -0.15) is 0 Å². The van der Waals surface area contributed by atoms with Crippen molar-refractivity contribution in [3.63, 3.8) is 0 Å². The highest BCUT2D eigenvalue weighted by atomic mass is 16.6. The van der Waals surface area contributed by atoms with Crippen LogP contribution in [-0.4, -0.2) is 57.3 Å². The molecule has 3 unspecified atom stereocenters. The van der Waals surface area contributed by atoms with Crippen LogP contribution in [0.5, 0.6) is 0 Å². The molecule has 0 aromatic rings. The number of likely N-dealkylation sites (tertiary alicyclic amines) is 1. The molecule has 2 N–H and O–H groups in total. The number of rotatable bonds is 3. The molecule has 2 aliphatic heterocycles. The molecule has 7 nitrogen and oxygen atoms in total. The van der Waals surface area contributed by atoms with Crippen molar-refractivity contribution < 1.29 is 29.3 Å². The second-order valence-corrected chi connectivity index (χ2v) is 5.93. The molecule has 2 saturated heterocycles. The normalized spacial score (nSPS) is 36.5. The van der Waals surface area contributed by atoms with Crippen LogP contribution in [0.4, 0.5) is 0 Å². The lowest BCUT2D eigenvalue weighted by Gasteiger charge is -2.39. The minimum atomic E-state index is -2.15. The Balaban J connectivity index is 2.18. The molecule has 4 atom stereocenters. The van der Waals surface area contributed by atoms with Crippen LogP contribution < -0.4 is 0 Å². The summed E-state index contributed by atoms with van der Waals surface area (Å²) in [4.78, 5) is 36.8. The maximum absolute atomic E-state index is 12.4. The summed E-state index contributed by atoms with van der Waals surface area (Å²) in [7, 11) is 0. The number of carboxylic acid groups (broad SMARTS) is 1. The number of amides is 1. The molecule has 0 aromatic heterocycles. The topological polar surface area (TPSA) is 104 Å². The highest BCUT2D eigenvalue weighted by molar-refractivity contribution is 6.39. The highest BCUT2D eigenvalue weighted by Gasteiger charge is 2.52. The Morgan fingerprint density at radius 3 is 2.48 bits per heavy atom. The second-order valence-electron chi connectivity index (χ2n) is 5.93. The maximum Gasteiger partial charge on any atom is 0.326 e. The van der Waals surface area contributed by atoms with Crippen LogP contribution >= 0.6 is 0 Å². The van der Waals surface area contributed by atoms with Crippen molar-refractivity contribution in [2.75, 3.05) is 6.54 Å². The second kappa shape index (κ2) is 5.73. The number of carboxylic acids is 1. The first-order chi connectivity index (χ1) is 9.77. The standard InChI is InChI=1S/C14H21NO6/c1-8-5-6-9(2)21-14(8,20)11(16)12(17)15-7-3-4-10(15)13(18)19/h8-10,20H,3-7H2,1-2H3,(H,18,19)/t8?,9?,10-,14?/m0/s1. The number of aliphatic carboxylic acids is 1. The van der Waals surface area contributed by atoms with Crippen LogP contribution in [0.3, 0.4) is 0 Å². The highest BCUT2D eigenvalue weighted by Crippen LogP contribution is 2.34. The Morgan fingerprint density at radius 2 is 1.86 bits per heavy atom. The van der Waals surface area contributed by atoms with E-state index >= 15 is 0 Å². The number of carbonyl (C=O) groups is 3. The van der Waals surface area contributed by atoms with E-state index in [1.807, 2.05) is 0 Å². The summed E-state index contributed by atoms with van der Waals surface area (Å²) < 4.78 is 5.34. The van der Waals surface area contributed by atoms with Crippen LogP contribution in [0.2, 0.25) is 0 Å². The smallest absolute Gasteiger partial charge is 0.326 e. The van der Waals surface area contributed by atoms with Gasteiger partial charge in [-0.1, -0.05) is 6.92 Å². The molecule has 2 fully saturated rings. The van der Waals surface area contributed by atoms with Crippen molar-refractivity contribution in [1.82, 2.24) is 4.90 Å². The molecule has 7 heteroatoms. The summed E-state index contributed by atoms with van der Waals surface area (Å²) in [6.07, 6.45) is 1.79. The van der Waals surface area contributed by atoms with E-state index in [0.29, 0.717) is 25.7 Å². The van der Waals surface area contributed by atoms with E-state index in [9.17, 15) is 19.5 Å². The molecule has 2 heterocycles. The van der Waals surface area contributed by atoms with E-state index in [4.69, 9.17) is 9.84 Å². The molecule has 2 aliphatic rings. The number of nitrogens with zero attached hydrogens (tertiary/aromatic N) is 1. The van der Waals surface area contributed by atoms with Crippen LogP contribution in [0.1, 0.15) is 39.5 Å². The Labute approximate surface area is 122 Å². The Morgan fingerprint density at radius 1 is 1.19 bits per heavy atom. The molecule has 0 bridgehead atoms. The molecule has 2 rings (SSSR count). The van der Waals surface area contributed by atoms with Gasteiger partial charge in [0.25, 0.3) is 11.7 Å². The van der Waals surface area contributed by atoms with E-state index in [1.165, 1.54) is 0 Å². The van der Waals surface area contributed by atoms with Gasteiger partial charge in [0.1, 0.15) is 6.04 Å². The first-order valence-corrected chi connectivity index (χ1v) is 7.25. The van der Waals surface area contributed by atoms with E-state index < -0.39 is 35.4 Å². The predicted octanol–water partition coefficient (Wildman–Crippen LogP) is 0.155. The van der Waals surface area contributed by atoms with Crippen molar-refractivity contribution in [1.29, 1.82) is 0 Å². The summed E-state index contributed by atoms with van der Waals surface area (Å²) in [5.41, 5.74) is 0. The van der Waals surface area contributed by atoms with E-state index in [-0.39, 0.29) is 12.6 Å². The van der Waals surface area contributed by atoms with Crippen LogP contribution in [0, 0.1) is 5.92 Å². The molecule has 0 aromatic carbocycles. The quantitative estimate of drug-likeness (QED) is 0.719. The van der Waals surface area contributed by atoms with Gasteiger partial charge in [0.15, 0.2) is 0 Å². The average molecular weight is 299 g/mol. The van der Waals surface area contributed by atoms with E-state index in [0.717, 1.165) is 4.90 Å². The third kappa shape index (κ3) is 2.80. The molecule has 0 aliphatic carbocycles. The lowest BCUT2D eigenvalue weighted by Crippen LogP contribution is -2.58. The Bertz CT molecular complexity index is 464. The number of aliphatic hydroxyl groups is 1. The van der Waals surface area contributed by atoms with Gasteiger partial charge >= 0.3 is 5.97 Å². The number of ether oxygens (including phenoxy) is 1. The van der Waals surface area contributed by atoms with Crippen LogP contribution in [0.25, 0.3) is 0 Å². The summed E-state index contributed by atoms with van der Waals surface area (Å²) in [6.45, 7) is 3.59. The van der Waals surface area contributed by atoms with Gasteiger partial charge in [0.2, 0.25) is 5.79 Å². The third-order valence-electron chi connectivity index (χ3n) is 4.37. The zero-order valence-electron chi connectivity index (χ0n) is 12.2. The zero-order valence-corrected chi connectivity index (χ0v) is 12.2. The van der Waals surface area contributed by atoms with Crippen LogP contribution in [-0.2, 0) is 19.1 Å². The fourth-order valence-corrected chi connectivity index (χ4v) is 2.99. The summed E-state index contributed by atoms with van der Waals surface area (Å²) >= 11 is 0. The lowest BCUT2D eigenvalue weighted by molar-refractivity contribution is -0.259. The first-order valence-electron chi connectivity index (χ1n) is 7.25. The van der Waals surface area contributed by atoms with Gasteiger partial charge in [0, 0.05) is 12.5 Å². The number of hydrogen-bond donors (Lipinski definition) is 2. The van der Waals surface area contributed by atoms with Gasteiger partial charge < -0.3 is 19.8 Å². The monoisotopic (exact) mass is 299 g/mol. The Kier molecular flexibility index (Phi) is 4.34. The number of carbonyl (C=O) groups excluding carboxylic acids is 2. The van der Waals surface area contributed by atoms with Gasteiger partial charge in [-0.05, 0) is 32.6 Å². The maximum atomic E-state index is 12.4. The molecule has 0 saturated carbocycles. The number of hydrogen-bond acceptors (Lipinski definition) is 5. The SMILES string of the molecule is CC1CCC(C)C(O)(C(=O)C(=O)N2CCC[C@H]2C(=O)O)O1. The van der Waals surface area contributed by atoms with Crippen molar-refractivity contribution in [2.24, 2.45) is 5.92 Å². The molecule has 1 amide bonds. The third-order valence-corrected chi connectivity index (χ3v) is 4.37. The minimum absolute atomic E-state index is 0.210. The van der Waals surface area contributed by atoms with Gasteiger partial charge in [0.05, 0.1) is 6.10 Å². The van der Waals surface area contributed by atoms with Gasteiger partial charge in [-0.15, -0.1) is 0 Å². The summed E-state index contributed by atoms with van der Waals surface area (Å²) in [5, 5.41) is 19.6. The molecule has 21 heavy (non-hydrogen) atoms. The molecule has 118 valence electrons. The Hall–Kier alpha value is -1.47. The van der Waals surface area contributed by atoms with Gasteiger partial charge in [-0.3, -0.25) is 9.59 Å². The summed E-state index contributed by atoms with van der Waals surface area (Å²) in [5.74, 6) is -5.82. The van der Waals surface area contributed by atoms with E-state index in [1.54, 1.807) is 13.8 Å². The molecular weight excluding hydrogens is 278 g/mol. The van der Waals surface area contributed by atoms with Crippen molar-refractivity contribution in [2.45, 2.75) is 57.5 Å². The number of Topliss-reactive ketones (excluding diaryl/α,β-unsaturated/α-hetero) is 1. The lowest BCUT2D eigenvalue weighted by atomic mass is 9.87.